The molecule has 0 bridgehead atoms. The summed E-state index contributed by atoms with van der Waals surface area (Å²) < 4.78 is 27.8. The number of sulfone groups is 1. The molecule has 0 aromatic heterocycles. The van der Waals surface area contributed by atoms with E-state index in [2.05, 4.69) is 0 Å². The van der Waals surface area contributed by atoms with Crippen molar-refractivity contribution in [2.24, 2.45) is 5.73 Å². The van der Waals surface area contributed by atoms with Gasteiger partial charge in [0.25, 0.3) is 0 Å². The molecule has 2 atom stereocenters. The summed E-state index contributed by atoms with van der Waals surface area (Å²) in [7, 11) is 0.525. The van der Waals surface area contributed by atoms with Crippen molar-refractivity contribution in [2.75, 3.05) is 32.7 Å². The summed E-state index contributed by atoms with van der Waals surface area (Å²) >= 11 is 0. The lowest BCUT2D eigenvalue weighted by Gasteiger charge is -2.31. The minimum atomic E-state index is -2.98. The lowest BCUT2D eigenvalue weighted by Crippen LogP contribution is -2.39. The Kier molecular flexibility index (Phi) is 5.98. The van der Waals surface area contributed by atoms with E-state index in [4.69, 9.17) is 10.5 Å². The fraction of sp³-hybridized carbons (Fsp3) is 0.571. The molecule has 0 saturated carbocycles. The van der Waals surface area contributed by atoms with Crippen LogP contribution in [0.5, 0.6) is 5.75 Å². The molecular weight excluding hydrogens is 276 g/mol. The van der Waals surface area contributed by atoms with Gasteiger partial charge >= 0.3 is 0 Å². The molecule has 2 unspecified atom stereocenters. The van der Waals surface area contributed by atoms with Crippen LogP contribution in [0.2, 0.25) is 0 Å². The molecule has 0 heterocycles. The van der Waals surface area contributed by atoms with E-state index in [9.17, 15) is 8.42 Å². The van der Waals surface area contributed by atoms with Crippen LogP contribution in [0.3, 0.4) is 0 Å². The van der Waals surface area contributed by atoms with E-state index in [-0.39, 0.29) is 17.8 Å². The van der Waals surface area contributed by atoms with Crippen molar-refractivity contribution in [2.45, 2.75) is 19.0 Å². The number of hydrogen-bond acceptors (Lipinski definition) is 5. The van der Waals surface area contributed by atoms with E-state index >= 15 is 0 Å². The first kappa shape index (κ1) is 16.9. The second-order valence-electron chi connectivity index (χ2n) is 5.19. The van der Waals surface area contributed by atoms with Crippen molar-refractivity contribution in [3.63, 3.8) is 0 Å². The number of hydrogen-bond donors (Lipinski definition) is 1. The highest BCUT2D eigenvalue weighted by Gasteiger charge is 2.22. The van der Waals surface area contributed by atoms with Crippen LogP contribution in [-0.2, 0) is 9.84 Å². The molecule has 2 N–H and O–H groups in total. The van der Waals surface area contributed by atoms with E-state index < -0.39 is 9.84 Å². The van der Waals surface area contributed by atoms with Gasteiger partial charge in [-0.3, -0.25) is 4.90 Å². The van der Waals surface area contributed by atoms with Gasteiger partial charge in [0.1, 0.15) is 15.6 Å². The van der Waals surface area contributed by atoms with Crippen LogP contribution >= 0.6 is 0 Å². The average Bonchev–Trinajstić information content (AvgIpc) is 2.35. The molecule has 0 aliphatic heterocycles. The SMILES string of the molecule is COc1cccc(C(C(C)N)N(C)CCS(C)(=O)=O)c1. The molecule has 1 aromatic rings. The van der Waals surface area contributed by atoms with E-state index in [1.807, 2.05) is 43.1 Å². The number of likely N-dealkylation sites (N-methyl/N-ethyl adjacent to an activating group) is 1. The molecule has 0 aliphatic carbocycles. The van der Waals surface area contributed by atoms with E-state index in [0.717, 1.165) is 11.3 Å². The monoisotopic (exact) mass is 300 g/mol. The van der Waals surface area contributed by atoms with Crippen molar-refractivity contribution in [3.8, 4) is 5.75 Å². The third-order valence-electron chi connectivity index (χ3n) is 3.22. The number of nitrogens with zero attached hydrogens (tertiary/aromatic N) is 1. The predicted molar refractivity (Wildman–Crippen MR) is 81.7 cm³/mol. The van der Waals surface area contributed by atoms with E-state index in [1.54, 1.807) is 7.11 Å². The van der Waals surface area contributed by atoms with Crippen LogP contribution in [0.4, 0.5) is 0 Å². The topological polar surface area (TPSA) is 72.6 Å². The number of ether oxygens (including phenoxy) is 1. The Morgan fingerprint density at radius 2 is 2.05 bits per heavy atom. The molecule has 0 amide bonds. The molecule has 0 radical (unpaired) electrons. The van der Waals surface area contributed by atoms with Crippen molar-refractivity contribution in [3.05, 3.63) is 29.8 Å². The summed E-state index contributed by atoms with van der Waals surface area (Å²) in [6.45, 7) is 2.36. The summed E-state index contributed by atoms with van der Waals surface area (Å²) in [6.07, 6.45) is 1.24. The first-order valence-electron chi connectivity index (χ1n) is 6.52. The zero-order chi connectivity index (χ0) is 15.3. The molecule has 1 rings (SSSR count). The van der Waals surface area contributed by atoms with Crippen LogP contribution in [-0.4, -0.2) is 52.1 Å². The van der Waals surface area contributed by atoms with Gasteiger partial charge in [-0.25, -0.2) is 8.42 Å². The quantitative estimate of drug-likeness (QED) is 0.815. The Balaban J connectivity index is 2.92. The molecule has 0 saturated heterocycles. The largest absolute Gasteiger partial charge is 0.497 e. The Bertz CT molecular complexity index is 529. The molecule has 1 aromatic carbocycles. The standard InChI is InChI=1S/C14H24N2O3S/c1-11(15)14(16(2)8-9-20(4,17)18)12-6-5-7-13(10-12)19-3/h5-7,10-11,14H,8-9,15H2,1-4H3. The lowest BCUT2D eigenvalue weighted by molar-refractivity contribution is 0.230. The number of benzene rings is 1. The van der Waals surface area contributed by atoms with Gasteiger partial charge < -0.3 is 10.5 Å². The van der Waals surface area contributed by atoms with E-state index in [1.165, 1.54) is 6.26 Å². The molecular formula is C14H24N2O3S. The molecule has 0 spiro atoms. The van der Waals surface area contributed by atoms with E-state index in [0.29, 0.717) is 6.54 Å². The van der Waals surface area contributed by atoms with Crippen LogP contribution < -0.4 is 10.5 Å². The predicted octanol–water partition coefficient (Wildman–Crippen LogP) is 1.06. The minimum absolute atomic E-state index is 0.0492. The van der Waals surface area contributed by atoms with Crippen molar-refractivity contribution >= 4 is 9.84 Å². The van der Waals surface area contributed by atoms with Gasteiger partial charge in [0.05, 0.1) is 12.9 Å². The Labute approximate surface area is 121 Å². The number of nitrogens with two attached hydrogens (primary N) is 1. The Hall–Kier alpha value is -1.11. The Morgan fingerprint density at radius 1 is 1.40 bits per heavy atom. The van der Waals surface area contributed by atoms with Crippen LogP contribution in [0.15, 0.2) is 24.3 Å². The summed E-state index contributed by atoms with van der Waals surface area (Å²) in [5.74, 6) is 0.890. The smallest absolute Gasteiger partial charge is 0.148 e. The first-order chi connectivity index (χ1) is 9.24. The van der Waals surface area contributed by atoms with Gasteiger partial charge in [-0.15, -0.1) is 0 Å². The van der Waals surface area contributed by atoms with Crippen LogP contribution in [0, 0.1) is 0 Å². The normalized spacial score (nSPS) is 15.1. The van der Waals surface area contributed by atoms with Gasteiger partial charge in [0.2, 0.25) is 0 Å². The Morgan fingerprint density at radius 3 is 2.55 bits per heavy atom. The third-order valence-corrected chi connectivity index (χ3v) is 4.15. The average molecular weight is 300 g/mol. The molecule has 0 fully saturated rings. The maximum absolute atomic E-state index is 11.3. The first-order valence-corrected chi connectivity index (χ1v) is 8.58. The molecule has 6 heteroatoms. The van der Waals surface area contributed by atoms with Crippen molar-refractivity contribution in [1.29, 1.82) is 0 Å². The maximum atomic E-state index is 11.3. The molecule has 114 valence electrons. The second kappa shape index (κ2) is 7.06. The van der Waals surface area contributed by atoms with Gasteiger partial charge in [-0.1, -0.05) is 12.1 Å². The summed E-state index contributed by atoms with van der Waals surface area (Å²) in [5, 5.41) is 0. The van der Waals surface area contributed by atoms with Gasteiger partial charge in [-0.05, 0) is 31.7 Å². The number of rotatable bonds is 7. The highest BCUT2D eigenvalue weighted by atomic mass is 32.2. The minimum Gasteiger partial charge on any atom is -0.497 e. The highest BCUT2D eigenvalue weighted by Crippen LogP contribution is 2.25. The summed E-state index contributed by atoms with van der Waals surface area (Å²) in [4.78, 5) is 1.97. The summed E-state index contributed by atoms with van der Waals surface area (Å²) in [5.41, 5.74) is 7.09. The highest BCUT2D eigenvalue weighted by molar-refractivity contribution is 7.90. The fourth-order valence-electron chi connectivity index (χ4n) is 2.23. The van der Waals surface area contributed by atoms with Crippen LogP contribution in [0.1, 0.15) is 18.5 Å². The van der Waals surface area contributed by atoms with Crippen LogP contribution in [0.25, 0.3) is 0 Å². The lowest BCUT2D eigenvalue weighted by atomic mass is 9.99. The summed E-state index contributed by atoms with van der Waals surface area (Å²) in [6, 6.07) is 7.53. The third kappa shape index (κ3) is 5.11. The van der Waals surface area contributed by atoms with Gasteiger partial charge in [0, 0.05) is 24.9 Å². The van der Waals surface area contributed by atoms with Gasteiger partial charge in [0.15, 0.2) is 0 Å². The van der Waals surface area contributed by atoms with Crippen molar-refractivity contribution in [1.82, 2.24) is 4.90 Å². The number of methoxy groups -OCH3 is 1. The second-order valence-corrected chi connectivity index (χ2v) is 7.45. The zero-order valence-corrected chi connectivity index (χ0v) is 13.4. The zero-order valence-electron chi connectivity index (χ0n) is 12.5. The maximum Gasteiger partial charge on any atom is 0.148 e. The van der Waals surface area contributed by atoms with Gasteiger partial charge in [-0.2, -0.15) is 0 Å². The van der Waals surface area contributed by atoms with Crippen molar-refractivity contribution < 1.29 is 13.2 Å². The fourth-order valence-corrected chi connectivity index (χ4v) is 2.85. The molecule has 5 nitrogen and oxygen atoms in total. The molecule has 20 heavy (non-hydrogen) atoms. The molecule has 0 aliphatic rings.